The van der Waals surface area contributed by atoms with Gasteiger partial charge < -0.3 is 14.0 Å². The van der Waals surface area contributed by atoms with Gasteiger partial charge in [-0.1, -0.05) is 24.0 Å². The van der Waals surface area contributed by atoms with Crippen LogP contribution in [0.15, 0.2) is 54.7 Å². The number of hydrogen-bond acceptors (Lipinski definition) is 4. The van der Waals surface area contributed by atoms with Crippen LogP contribution >= 0.6 is 0 Å². The van der Waals surface area contributed by atoms with Gasteiger partial charge in [-0.2, -0.15) is 0 Å². The minimum Gasteiger partial charge on any atom is -0.497 e. The van der Waals surface area contributed by atoms with E-state index in [0.717, 1.165) is 46.8 Å². The van der Waals surface area contributed by atoms with E-state index in [1.165, 1.54) is 7.11 Å². The fourth-order valence-electron chi connectivity index (χ4n) is 3.49. The minimum absolute atomic E-state index is 0.0924. The van der Waals surface area contributed by atoms with Crippen LogP contribution in [0, 0.1) is 17.8 Å². The molecule has 5 heteroatoms. The number of benzene rings is 2. The lowest BCUT2D eigenvalue weighted by Crippen LogP contribution is -2.27. The second-order valence-corrected chi connectivity index (χ2v) is 7.01. The Bertz CT molecular complexity index is 1070. The summed E-state index contributed by atoms with van der Waals surface area (Å²) in [5.74, 6) is 7.94. The number of ether oxygens (including phenoxy) is 2. The van der Waals surface area contributed by atoms with Gasteiger partial charge in [0, 0.05) is 35.9 Å². The molecule has 1 unspecified atom stereocenters. The Morgan fingerprint density at radius 3 is 2.31 bits per heavy atom. The number of aromatic nitrogens is 2. The van der Waals surface area contributed by atoms with Crippen molar-refractivity contribution < 1.29 is 14.3 Å². The summed E-state index contributed by atoms with van der Waals surface area (Å²) in [4.78, 5) is 16.6. The predicted molar refractivity (Wildman–Crippen MR) is 110 cm³/mol. The highest BCUT2D eigenvalue weighted by Crippen LogP contribution is 2.25. The number of aryl methyl sites for hydroxylation is 1. The molecule has 0 spiro atoms. The van der Waals surface area contributed by atoms with Gasteiger partial charge >= 0.3 is 5.97 Å². The highest BCUT2D eigenvalue weighted by molar-refractivity contribution is 5.72. The number of rotatable bonds is 3. The molecule has 0 aliphatic carbocycles. The second kappa shape index (κ2) is 8.24. The van der Waals surface area contributed by atoms with E-state index < -0.39 is 0 Å². The fraction of sp³-hybridized carbons (Fsp3) is 0.250. The van der Waals surface area contributed by atoms with Gasteiger partial charge in [0.05, 0.1) is 25.8 Å². The third kappa shape index (κ3) is 4.17. The van der Waals surface area contributed by atoms with Crippen molar-refractivity contribution in [3.63, 3.8) is 0 Å². The smallest absolute Gasteiger partial charge is 0.310 e. The van der Waals surface area contributed by atoms with Crippen molar-refractivity contribution in [2.24, 2.45) is 5.92 Å². The Labute approximate surface area is 170 Å². The maximum Gasteiger partial charge on any atom is 0.310 e. The SMILES string of the molecule is COC(=O)C1CCc2nc(-c3ccc(C#Cc4ccc(OC)cc4)cc3)cn2C1. The van der Waals surface area contributed by atoms with Gasteiger partial charge in [0.25, 0.3) is 0 Å². The lowest BCUT2D eigenvalue weighted by Gasteiger charge is -2.21. The lowest BCUT2D eigenvalue weighted by atomic mass is 10.00. The van der Waals surface area contributed by atoms with Gasteiger partial charge in [-0.3, -0.25) is 4.79 Å². The summed E-state index contributed by atoms with van der Waals surface area (Å²) in [6, 6.07) is 15.8. The van der Waals surface area contributed by atoms with Crippen LogP contribution in [-0.4, -0.2) is 29.7 Å². The van der Waals surface area contributed by atoms with Crippen molar-refractivity contribution in [3.05, 3.63) is 71.7 Å². The Balaban J connectivity index is 1.48. The third-order valence-corrected chi connectivity index (χ3v) is 5.15. The topological polar surface area (TPSA) is 53.4 Å². The number of carbonyl (C=O) groups excluding carboxylic acids is 1. The van der Waals surface area contributed by atoms with E-state index in [4.69, 9.17) is 14.5 Å². The normalized spacial score (nSPS) is 15.0. The molecule has 1 aromatic heterocycles. The molecule has 2 aromatic carbocycles. The van der Waals surface area contributed by atoms with Crippen molar-refractivity contribution >= 4 is 5.97 Å². The number of hydrogen-bond donors (Lipinski definition) is 0. The van der Waals surface area contributed by atoms with Crippen LogP contribution in [0.4, 0.5) is 0 Å². The minimum atomic E-state index is -0.148. The van der Waals surface area contributed by atoms with Crippen LogP contribution in [0.1, 0.15) is 23.4 Å². The van der Waals surface area contributed by atoms with Gasteiger partial charge in [-0.05, 0) is 42.8 Å². The fourth-order valence-corrected chi connectivity index (χ4v) is 3.49. The number of nitrogens with zero attached hydrogens (tertiary/aromatic N) is 2. The predicted octanol–water partition coefficient (Wildman–Crippen LogP) is 3.69. The van der Waals surface area contributed by atoms with Gasteiger partial charge in [0.2, 0.25) is 0 Å². The first-order valence-electron chi connectivity index (χ1n) is 9.56. The molecule has 0 saturated heterocycles. The van der Waals surface area contributed by atoms with Crippen LogP contribution < -0.4 is 4.74 Å². The summed E-state index contributed by atoms with van der Waals surface area (Å²) in [5.41, 5.74) is 3.84. The van der Waals surface area contributed by atoms with E-state index in [0.29, 0.717) is 6.54 Å². The molecule has 3 aromatic rings. The Hall–Kier alpha value is -3.52. The maximum atomic E-state index is 11.8. The van der Waals surface area contributed by atoms with Crippen LogP contribution in [-0.2, 0) is 22.5 Å². The summed E-state index contributed by atoms with van der Waals surface area (Å²) in [6.07, 6.45) is 3.58. The monoisotopic (exact) mass is 386 g/mol. The molecular formula is C24H22N2O3. The molecular weight excluding hydrogens is 364 g/mol. The van der Waals surface area contributed by atoms with Crippen molar-refractivity contribution in [2.75, 3.05) is 14.2 Å². The summed E-state index contributed by atoms with van der Waals surface area (Å²) < 4.78 is 12.1. The molecule has 0 radical (unpaired) electrons. The summed E-state index contributed by atoms with van der Waals surface area (Å²) in [6.45, 7) is 0.625. The molecule has 1 atom stereocenters. The molecule has 29 heavy (non-hydrogen) atoms. The summed E-state index contributed by atoms with van der Waals surface area (Å²) >= 11 is 0. The summed E-state index contributed by atoms with van der Waals surface area (Å²) in [5, 5.41) is 0. The second-order valence-electron chi connectivity index (χ2n) is 7.01. The highest BCUT2D eigenvalue weighted by atomic mass is 16.5. The zero-order chi connectivity index (χ0) is 20.2. The van der Waals surface area contributed by atoms with E-state index in [1.54, 1.807) is 7.11 Å². The largest absolute Gasteiger partial charge is 0.497 e. The van der Waals surface area contributed by atoms with E-state index >= 15 is 0 Å². The van der Waals surface area contributed by atoms with Gasteiger partial charge in [0.1, 0.15) is 11.6 Å². The molecule has 1 aliphatic rings. The molecule has 5 nitrogen and oxygen atoms in total. The zero-order valence-corrected chi connectivity index (χ0v) is 16.5. The number of esters is 1. The first-order chi connectivity index (χ1) is 14.2. The van der Waals surface area contributed by atoms with Crippen LogP contribution in [0.5, 0.6) is 5.75 Å². The standard InChI is InChI=1S/C24H22N2O3/c1-28-21-12-7-18(8-13-21)4-3-17-5-9-19(10-6-17)22-16-26-15-20(24(27)29-2)11-14-23(26)25-22/h5-10,12-13,16,20H,11,14-15H2,1-2H3. The number of carbonyl (C=O) groups is 1. The molecule has 4 rings (SSSR count). The number of imidazole rings is 1. The summed E-state index contributed by atoms with van der Waals surface area (Å²) in [7, 11) is 3.09. The van der Waals surface area contributed by atoms with E-state index in [1.807, 2.05) is 54.7 Å². The Morgan fingerprint density at radius 2 is 1.69 bits per heavy atom. The molecule has 146 valence electrons. The number of methoxy groups -OCH3 is 2. The molecule has 0 amide bonds. The zero-order valence-electron chi connectivity index (χ0n) is 16.5. The van der Waals surface area contributed by atoms with Crippen LogP contribution in [0.25, 0.3) is 11.3 Å². The molecule has 0 N–H and O–H groups in total. The van der Waals surface area contributed by atoms with Crippen molar-refractivity contribution in [2.45, 2.75) is 19.4 Å². The first-order valence-corrected chi connectivity index (χ1v) is 9.56. The van der Waals surface area contributed by atoms with Gasteiger partial charge in [-0.25, -0.2) is 4.98 Å². The van der Waals surface area contributed by atoms with Crippen molar-refractivity contribution in [1.82, 2.24) is 9.55 Å². The molecule has 1 aliphatic heterocycles. The quantitative estimate of drug-likeness (QED) is 0.509. The average Bonchev–Trinajstić information content (AvgIpc) is 3.21. The third-order valence-electron chi connectivity index (χ3n) is 5.15. The van der Waals surface area contributed by atoms with E-state index in [2.05, 4.69) is 16.4 Å². The van der Waals surface area contributed by atoms with E-state index in [9.17, 15) is 4.79 Å². The van der Waals surface area contributed by atoms with Gasteiger partial charge in [-0.15, -0.1) is 0 Å². The molecule has 2 heterocycles. The average molecular weight is 386 g/mol. The Kier molecular flexibility index (Phi) is 5.35. The lowest BCUT2D eigenvalue weighted by molar-refractivity contribution is -0.146. The highest BCUT2D eigenvalue weighted by Gasteiger charge is 2.26. The van der Waals surface area contributed by atoms with E-state index in [-0.39, 0.29) is 11.9 Å². The molecule has 0 saturated carbocycles. The maximum absolute atomic E-state index is 11.8. The van der Waals surface area contributed by atoms with Crippen molar-refractivity contribution in [3.8, 4) is 28.8 Å². The van der Waals surface area contributed by atoms with Crippen LogP contribution in [0.2, 0.25) is 0 Å². The van der Waals surface area contributed by atoms with Gasteiger partial charge in [0.15, 0.2) is 0 Å². The number of fused-ring (bicyclic) bond motifs is 1. The Morgan fingerprint density at radius 1 is 1.03 bits per heavy atom. The molecule has 0 fully saturated rings. The van der Waals surface area contributed by atoms with Crippen molar-refractivity contribution in [1.29, 1.82) is 0 Å². The van der Waals surface area contributed by atoms with Crippen LogP contribution in [0.3, 0.4) is 0 Å². The molecule has 0 bridgehead atoms. The first kappa shape index (κ1) is 18.8.